The summed E-state index contributed by atoms with van der Waals surface area (Å²) in [5, 5.41) is 24.5. The van der Waals surface area contributed by atoms with Crippen molar-refractivity contribution < 1.29 is 29.2 Å². The van der Waals surface area contributed by atoms with E-state index >= 15 is 0 Å². The zero-order chi connectivity index (χ0) is 25.9. The lowest BCUT2D eigenvalue weighted by atomic mass is 10.1. The predicted molar refractivity (Wildman–Crippen MR) is 150 cm³/mol. The van der Waals surface area contributed by atoms with E-state index in [1.54, 1.807) is 47.2 Å². The number of hydrogen-bond donors (Lipinski definition) is 2. The maximum atomic E-state index is 10.3. The van der Waals surface area contributed by atoms with Crippen molar-refractivity contribution in [2.45, 2.75) is 0 Å². The Kier molecular flexibility index (Phi) is 6.89. The average Bonchev–Trinajstić information content (AvgIpc) is 3.57. The molecule has 4 heterocycles. The summed E-state index contributed by atoms with van der Waals surface area (Å²) in [4.78, 5) is 10.8. The first-order chi connectivity index (χ1) is 18.7. The quantitative estimate of drug-likeness (QED) is 0.229. The van der Waals surface area contributed by atoms with E-state index in [2.05, 4.69) is 9.98 Å². The van der Waals surface area contributed by atoms with Crippen LogP contribution in [0.4, 0.5) is 0 Å². The van der Waals surface area contributed by atoms with E-state index in [1.807, 2.05) is 35.0 Å². The third-order valence-corrected chi connectivity index (χ3v) is 7.98. The van der Waals surface area contributed by atoms with Crippen LogP contribution in [0.15, 0.2) is 57.1 Å². The fraction of sp³-hybridized carbons (Fsp3) is 0.214. The molecule has 2 aliphatic rings. The van der Waals surface area contributed by atoms with Gasteiger partial charge in [-0.1, -0.05) is 0 Å². The van der Waals surface area contributed by atoms with Gasteiger partial charge in [-0.05, 0) is 47.5 Å². The minimum atomic E-state index is 0.149. The number of ether oxygens (including phenoxy) is 4. The molecule has 0 spiro atoms. The van der Waals surface area contributed by atoms with Crippen LogP contribution in [0, 0.1) is 0 Å². The van der Waals surface area contributed by atoms with Crippen molar-refractivity contribution >= 4 is 35.1 Å². The van der Waals surface area contributed by atoms with Crippen molar-refractivity contribution in [1.29, 1.82) is 0 Å². The van der Waals surface area contributed by atoms with Crippen LogP contribution in [-0.4, -0.2) is 62.2 Å². The van der Waals surface area contributed by atoms with Gasteiger partial charge in [0.2, 0.25) is 0 Å². The minimum Gasteiger partial charge on any atom is -0.507 e. The number of aromatic hydroxyl groups is 2. The highest BCUT2D eigenvalue weighted by atomic mass is 32.1. The van der Waals surface area contributed by atoms with Gasteiger partial charge in [-0.2, -0.15) is 0 Å². The van der Waals surface area contributed by atoms with Crippen molar-refractivity contribution in [2.24, 2.45) is 9.98 Å². The number of benzene rings is 2. The van der Waals surface area contributed by atoms with E-state index in [0.717, 1.165) is 43.9 Å². The summed E-state index contributed by atoms with van der Waals surface area (Å²) in [6, 6.07) is 10.8. The lowest BCUT2D eigenvalue weighted by Crippen LogP contribution is -2.14. The van der Waals surface area contributed by atoms with Crippen LogP contribution >= 0.6 is 22.7 Å². The predicted octanol–water partition coefficient (Wildman–Crippen LogP) is 5.64. The van der Waals surface area contributed by atoms with E-state index in [-0.39, 0.29) is 11.5 Å². The summed E-state index contributed by atoms with van der Waals surface area (Å²) >= 11 is 3.09. The third kappa shape index (κ3) is 4.92. The molecule has 0 amide bonds. The second-order valence-electron chi connectivity index (χ2n) is 8.53. The van der Waals surface area contributed by atoms with Gasteiger partial charge < -0.3 is 29.2 Å². The summed E-state index contributed by atoms with van der Waals surface area (Å²) in [5.41, 5.74) is 3.08. The Morgan fingerprint density at radius 3 is 1.58 bits per heavy atom. The second-order valence-corrected chi connectivity index (χ2v) is 10.3. The van der Waals surface area contributed by atoms with Crippen molar-refractivity contribution in [2.75, 3.05) is 39.5 Å². The van der Waals surface area contributed by atoms with Gasteiger partial charge in [-0.3, -0.25) is 9.98 Å². The first-order valence-corrected chi connectivity index (χ1v) is 13.8. The summed E-state index contributed by atoms with van der Waals surface area (Å²) in [5.74, 6) is 3.30. The van der Waals surface area contributed by atoms with Gasteiger partial charge in [0, 0.05) is 34.3 Å². The maximum Gasteiger partial charge on any atom is 0.179 e. The third-order valence-electron chi connectivity index (χ3n) is 6.00. The normalized spacial score (nSPS) is 14.4. The van der Waals surface area contributed by atoms with Gasteiger partial charge in [-0.15, -0.1) is 22.7 Å². The molecular weight excluding hydrogens is 524 g/mol. The van der Waals surface area contributed by atoms with E-state index in [1.165, 1.54) is 0 Å². The Morgan fingerprint density at radius 2 is 1.11 bits per heavy atom. The summed E-state index contributed by atoms with van der Waals surface area (Å²) < 4.78 is 22.9. The monoisotopic (exact) mass is 548 g/mol. The number of hydrogen-bond acceptors (Lipinski definition) is 10. The highest BCUT2D eigenvalue weighted by Gasteiger charge is 2.21. The molecule has 194 valence electrons. The number of fused-ring (bicyclic) bond motifs is 2. The van der Waals surface area contributed by atoms with E-state index in [4.69, 9.17) is 18.9 Å². The summed E-state index contributed by atoms with van der Waals surface area (Å²) in [6.45, 7) is 2.98. The molecular formula is C28H24N2O6S2. The zero-order valence-corrected chi connectivity index (χ0v) is 21.9. The number of rotatable bonds is 7. The highest BCUT2D eigenvalue weighted by molar-refractivity contribution is 7.14. The van der Waals surface area contributed by atoms with Gasteiger partial charge in [0.25, 0.3) is 0 Å². The molecule has 0 radical (unpaired) electrons. The smallest absolute Gasteiger partial charge is 0.179 e. The number of phenols is 2. The van der Waals surface area contributed by atoms with Crippen LogP contribution in [0.1, 0.15) is 11.1 Å². The lowest BCUT2D eigenvalue weighted by Gasteiger charge is -2.16. The lowest BCUT2D eigenvalue weighted by molar-refractivity contribution is 0.174. The SMILES string of the molecule is Oc1ccc(-c2scc3c2OCCO3)cc1/C=N/CC/N=C/c1cc(-c2scc3c2OCCO3)ccc1O. The standard InChI is InChI=1S/C28H24N2O6S2/c31-21-3-1-17(27-25-23(15-37-27)33-7-9-35-25)11-19(21)13-29-5-6-30-14-20-12-18(2-4-22(20)32)28-26-24(16-38-28)34-8-10-36-26/h1-4,11-16,31-32H,5-10H2/b29-13+,30-14+. The molecule has 0 fully saturated rings. The van der Waals surface area contributed by atoms with Gasteiger partial charge in [-0.25, -0.2) is 0 Å². The van der Waals surface area contributed by atoms with E-state index in [9.17, 15) is 10.2 Å². The van der Waals surface area contributed by atoms with Crippen molar-refractivity contribution in [3.05, 3.63) is 58.3 Å². The van der Waals surface area contributed by atoms with Gasteiger partial charge >= 0.3 is 0 Å². The molecule has 4 aromatic rings. The van der Waals surface area contributed by atoms with Crippen LogP contribution < -0.4 is 18.9 Å². The molecule has 38 heavy (non-hydrogen) atoms. The minimum absolute atomic E-state index is 0.149. The van der Waals surface area contributed by atoms with Gasteiger partial charge in [0.05, 0.1) is 22.8 Å². The van der Waals surface area contributed by atoms with Gasteiger partial charge in [0.15, 0.2) is 23.0 Å². The maximum absolute atomic E-state index is 10.3. The molecule has 10 heteroatoms. The Labute approximate surface area is 227 Å². The van der Waals surface area contributed by atoms with Crippen LogP contribution in [0.25, 0.3) is 20.9 Å². The molecule has 2 aliphatic heterocycles. The Hall–Kier alpha value is -4.02. The molecule has 0 bridgehead atoms. The van der Waals surface area contributed by atoms with E-state index in [0.29, 0.717) is 50.6 Å². The van der Waals surface area contributed by atoms with Crippen molar-refractivity contribution in [3.63, 3.8) is 0 Å². The molecule has 2 aromatic heterocycles. The van der Waals surface area contributed by atoms with Crippen LogP contribution in [0.3, 0.4) is 0 Å². The van der Waals surface area contributed by atoms with Crippen molar-refractivity contribution in [3.8, 4) is 55.4 Å². The molecule has 0 atom stereocenters. The molecule has 0 unspecified atom stereocenters. The first kappa shape index (κ1) is 24.3. The largest absolute Gasteiger partial charge is 0.507 e. The number of aliphatic imine (C=N–C) groups is 2. The Bertz CT molecular complexity index is 1410. The number of thiophene rings is 2. The molecule has 0 saturated heterocycles. The molecule has 2 N–H and O–H groups in total. The van der Waals surface area contributed by atoms with Gasteiger partial charge in [0.1, 0.15) is 37.9 Å². The average molecular weight is 549 g/mol. The fourth-order valence-electron chi connectivity index (χ4n) is 4.16. The Morgan fingerprint density at radius 1 is 0.658 bits per heavy atom. The molecule has 2 aromatic carbocycles. The number of phenolic OH excluding ortho intramolecular Hbond substituents is 2. The fourth-order valence-corrected chi connectivity index (χ4v) is 6.02. The Balaban J connectivity index is 1.11. The van der Waals surface area contributed by atoms with Crippen LogP contribution in [0.5, 0.6) is 34.5 Å². The van der Waals surface area contributed by atoms with Crippen LogP contribution in [-0.2, 0) is 0 Å². The summed E-state index contributed by atoms with van der Waals surface area (Å²) in [6.07, 6.45) is 3.29. The zero-order valence-electron chi connectivity index (χ0n) is 20.3. The topological polar surface area (TPSA) is 102 Å². The number of nitrogens with zero attached hydrogens (tertiary/aromatic N) is 2. The first-order valence-electron chi connectivity index (χ1n) is 12.1. The van der Waals surface area contributed by atoms with Crippen molar-refractivity contribution in [1.82, 2.24) is 0 Å². The molecule has 6 rings (SSSR count). The molecule has 8 nitrogen and oxygen atoms in total. The van der Waals surface area contributed by atoms with E-state index < -0.39 is 0 Å². The summed E-state index contributed by atoms with van der Waals surface area (Å²) in [7, 11) is 0. The second kappa shape index (κ2) is 10.8. The van der Waals surface area contributed by atoms with Crippen LogP contribution in [0.2, 0.25) is 0 Å². The molecule has 0 aliphatic carbocycles. The highest BCUT2D eigenvalue weighted by Crippen LogP contribution is 2.47. The molecule has 0 saturated carbocycles.